The second-order valence-corrected chi connectivity index (χ2v) is 4.48. The molecule has 3 nitrogen and oxygen atoms in total. The molecule has 0 radical (unpaired) electrons. The van der Waals surface area contributed by atoms with Crippen molar-refractivity contribution in [3.63, 3.8) is 0 Å². The average molecular weight is 272 g/mol. The number of allylic oxidation sites excluding steroid dienone is 5. The maximum atomic E-state index is 5.34. The minimum absolute atomic E-state index is 0.619. The molecule has 0 spiro atoms. The van der Waals surface area contributed by atoms with E-state index in [0.717, 1.165) is 18.4 Å². The molecule has 2 rings (SSSR count). The Bertz CT molecular complexity index is 528. The zero-order valence-electron chi connectivity index (χ0n) is 12.2. The van der Waals surface area contributed by atoms with Crippen molar-refractivity contribution in [2.24, 2.45) is 0 Å². The first-order chi connectivity index (χ1) is 9.78. The van der Waals surface area contributed by atoms with Gasteiger partial charge in [-0.1, -0.05) is 30.4 Å². The summed E-state index contributed by atoms with van der Waals surface area (Å²) in [6.45, 7) is 0. The molecule has 1 aliphatic carbocycles. The van der Waals surface area contributed by atoms with E-state index in [4.69, 9.17) is 14.2 Å². The standard InChI is InChI=1S/C17H20O3/c1-18-15-11-14(12-16(19-2)17(15)20-3)10-6-9-13-7-4-5-8-13/h4,6-8,10-12H,5,9H2,1-3H3/b10-6-. The predicted octanol–water partition coefficient (Wildman–Crippen LogP) is 4.00. The minimum atomic E-state index is 0.619. The van der Waals surface area contributed by atoms with Gasteiger partial charge in [0, 0.05) is 0 Å². The number of benzene rings is 1. The van der Waals surface area contributed by atoms with Gasteiger partial charge in [0.2, 0.25) is 5.75 Å². The first-order valence-electron chi connectivity index (χ1n) is 6.60. The summed E-state index contributed by atoms with van der Waals surface area (Å²) in [5.74, 6) is 1.96. The molecule has 0 atom stereocenters. The van der Waals surface area contributed by atoms with Crippen molar-refractivity contribution in [3.8, 4) is 17.2 Å². The Morgan fingerprint density at radius 2 is 1.75 bits per heavy atom. The highest BCUT2D eigenvalue weighted by Gasteiger charge is 2.11. The van der Waals surface area contributed by atoms with Crippen LogP contribution in [0.5, 0.6) is 17.2 Å². The normalized spacial score (nSPS) is 13.7. The number of hydrogen-bond acceptors (Lipinski definition) is 3. The van der Waals surface area contributed by atoms with E-state index >= 15 is 0 Å². The average Bonchev–Trinajstić information content (AvgIpc) is 2.99. The first kappa shape index (κ1) is 14.3. The minimum Gasteiger partial charge on any atom is -0.493 e. The summed E-state index contributed by atoms with van der Waals surface area (Å²) in [5.41, 5.74) is 2.38. The summed E-state index contributed by atoms with van der Waals surface area (Å²) in [6.07, 6.45) is 12.8. The van der Waals surface area contributed by atoms with Gasteiger partial charge in [-0.05, 0) is 36.1 Å². The fourth-order valence-electron chi connectivity index (χ4n) is 2.19. The zero-order chi connectivity index (χ0) is 14.4. The van der Waals surface area contributed by atoms with Gasteiger partial charge >= 0.3 is 0 Å². The molecule has 20 heavy (non-hydrogen) atoms. The lowest BCUT2D eigenvalue weighted by atomic mass is 10.1. The molecule has 0 N–H and O–H groups in total. The summed E-state index contributed by atoms with van der Waals surface area (Å²) in [5, 5.41) is 0. The Hall–Kier alpha value is -2.16. The van der Waals surface area contributed by atoms with Crippen LogP contribution in [0.15, 0.2) is 42.0 Å². The molecule has 1 aliphatic rings. The van der Waals surface area contributed by atoms with E-state index in [1.54, 1.807) is 21.3 Å². The topological polar surface area (TPSA) is 27.7 Å². The third kappa shape index (κ3) is 3.23. The lowest BCUT2D eigenvalue weighted by molar-refractivity contribution is 0.324. The van der Waals surface area contributed by atoms with Gasteiger partial charge in [-0.25, -0.2) is 0 Å². The summed E-state index contributed by atoms with van der Waals surface area (Å²) in [4.78, 5) is 0. The van der Waals surface area contributed by atoms with Crippen molar-refractivity contribution in [3.05, 3.63) is 47.6 Å². The molecular formula is C17H20O3. The Kier molecular flexibility index (Phi) is 4.88. The van der Waals surface area contributed by atoms with E-state index in [2.05, 4.69) is 30.4 Å². The van der Waals surface area contributed by atoms with Gasteiger partial charge in [-0.3, -0.25) is 0 Å². The molecule has 0 fully saturated rings. The van der Waals surface area contributed by atoms with Crippen molar-refractivity contribution in [1.29, 1.82) is 0 Å². The van der Waals surface area contributed by atoms with Gasteiger partial charge in [-0.15, -0.1) is 0 Å². The molecule has 0 bridgehead atoms. The Morgan fingerprint density at radius 1 is 1.05 bits per heavy atom. The molecule has 0 aliphatic heterocycles. The van der Waals surface area contributed by atoms with Crippen molar-refractivity contribution in [2.75, 3.05) is 21.3 Å². The molecular weight excluding hydrogens is 252 g/mol. The number of ether oxygens (including phenoxy) is 3. The number of methoxy groups -OCH3 is 3. The molecule has 0 saturated carbocycles. The highest BCUT2D eigenvalue weighted by atomic mass is 16.5. The second-order valence-electron chi connectivity index (χ2n) is 4.48. The van der Waals surface area contributed by atoms with E-state index in [0.29, 0.717) is 17.2 Å². The summed E-state index contributed by atoms with van der Waals surface area (Å²) < 4.78 is 16.0. The Morgan fingerprint density at radius 3 is 2.25 bits per heavy atom. The third-order valence-electron chi connectivity index (χ3n) is 3.20. The van der Waals surface area contributed by atoms with Crippen molar-refractivity contribution in [2.45, 2.75) is 12.8 Å². The lowest BCUT2D eigenvalue weighted by Crippen LogP contribution is -1.95. The molecule has 1 aromatic carbocycles. The molecule has 1 aromatic rings. The second kappa shape index (κ2) is 6.85. The molecule has 0 heterocycles. The van der Waals surface area contributed by atoms with E-state index in [1.165, 1.54) is 5.57 Å². The molecule has 3 heteroatoms. The van der Waals surface area contributed by atoms with Crippen LogP contribution in [-0.4, -0.2) is 21.3 Å². The van der Waals surface area contributed by atoms with Crippen molar-refractivity contribution >= 4 is 6.08 Å². The van der Waals surface area contributed by atoms with E-state index < -0.39 is 0 Å². The van der Waals surface area contributed by atoms with Crippen LogP contribution in [0.25, 0.3) is 6.08 Å². The predicted molar refractivity (Wildman–Crippen MR) is 81.6 cm³/mol. The zero-order valence-corrected chi connectivity index (χ0v) is 12.2. The molecule has 0 amide bonds. The van der Waals surface area contributed by atoms with E-state index in [-0.39, 0.29) is 0 Å². The van der Waals surface area contributed by atoms with Crippen LogP contribution >= 0.6 is 0 Å². The fraction of sp³-hybridized carbons (Fsp3) is 0.294. The highest BCUT2D eigenvalue weighted by molar-refractivity contribution is 5.62. The van der Waals surface area contributed by atoms with Gasteiger partial charge in [0.05, 0.1) is 21.3 Å². The Balaban J connectivity index is 2.18. The van der Waals surface area contributed by atoms with E-state index in [1.807, 2.05) is 12.1 Å². The molecule has 0 unspecified atom stereocenters. The third-order valence-corrected chi connectivity index (χ3v) is 3.20. The van der Waals surface area contributed by atoms with Crippen LogP contribution in [-0.2, 0) is 0 Å². The number of rotatable bonds is 6. The Labute approximate surface area is 120 Å². The first-order valence-corrected chi connectivity index (χ1v) is 6.60. The van der Waals surface area contributed by atoms with Gasteiger partial charge in [0.15, 0.2) is 11.5 Å². The summed E-state index contributed by atoms with van der Waals surface area (Å²) in [6, 6.07) is 3.88. The smallest absolute Gasteiger partial charge is 0.203 e. The maximum absolute atomic E-state index is 5.34. The van der Waals surface area contributed by atoms with Gasteiger partial charge in [-0.2, -0.15) is 0 Å². The lowest BCUT2D eigenvalue weighted by Gasteiger charge is -2.12. The maximum Gasteiger partial charge on any atom is 0.203 e. The van der Waals surface area contributed by atoms with Crippen molar-refractivity contribution in [1.82, 2.24) is 0 Å². The van der Waals surface area contributed by atoms with Crippen LogP contribution in [0.1, 0.15) is 18.4 Å². The molecule has 106 valence electrons. The van der Waals surface area contributed by atoms with Crippen LogP contribution in [0.2, 0.25) is 0 Å². The largest absolute Gasteiger partial charge is 0.493 e. The van der Waals surface area contributed by atoms with Gasteiger partial charge in [0.25, 0.3) is 0 Å². The van der Waals surface area contributed by atoms with Crippen LogP contribution in [0.3, 0.4) is 0 Å². The molecule has 0 saturated heterocycles. The fourth-order valence-corrected chi connectivity index (χ4v) is 2.19. The van der Waals surface area contributed by atoms with Crippen LogP contribution in [0, 0.1) is 0 Å². The number of hydrogen-bond donors (Lipinski definition) is 0. The quantitative estimate of drug-likeness (QED) is 0.783. The van der Waals surface area contributed by atoms with Crippen molar-refractivity contribution < 1.29 is 14.2 Å². The van der Waals surface area contributed by atoms with Gasteiger partial charge in [0.1, 0.15) is 0 Å². The summed E-state index contributed by atoms with van der Waals surface area (Å²) in [7, 11) is 4.85. The van der Waals surface area contributed by atoms with Gasteiger partial charge < -0.3 is 14.2 Å². The van der Waals surface area contributed by atoms with Crippen LogP contribution in [0.4, 0.5) is 0 Å². The van der Waals surface area contributed by atoms with E-state index in [9.17, 15) is 0 Å². The van der Waals surface area contributed by atoms with Crippen LogP contribution < -0.4 is 14.2 Å². The SMILES string of the molecule is COc1cc(/C=C\CC2=CCC=C2)cc(OC)c1OC. The molecule has 0 aromatic heterocycles. The highest BCUT2D eigenvalue weighted by Crippen LogP contribution is 2.38. The summed E-state index contributed by atoms with van der Waals surface area (Å²) >= 11 is 0. The monoisotopic (exact) mass is 272 g/mol.